The van der Waals surface area contributed by atoms with Gasteiger partial charge in [0.15, 0.2) is 0 Å². The van der Waals surface area contributed by atoms with Gasteiger partial charge in [-0.2, -0.15) is 5.26 Å². The lowest BCUT2D eigenvalue weighted by molar-refractivity contribution is -0.135. The fourth-order valence-corrected chi connectivity index (χ4v) is 2.00. The van der Waals surface area contributed by atoms with Gasteiger partial charge in [0.05, 0.1) is 11.3 Å². The van der Waals surface area contributed by atoms with Crippen LogP contribution in [0.2, 0.25) is 0 Å². The van der Waals surface area contributed by atoms with Crippen molar-refractivity contribution in [3.05, 3.63) is 28.2 Å². The zero-order valence-electron chi connectivity index (χ0n) is 10.9. The molecule has 6 heteroatoms. The van der Waals surface area contributed by atoms with E-state index in [0.29, 0.717) is 24.3 Å². The molecule has 5 nitrogen and oxygen atoms in total. The molecule has 0 radical (unpaired) electrons. The average Bonchev–Trinajstić information content (AvgIpc) is 2.33. The number of halogens is 1. The number of carboxylic acids is 1. The predicted octanol–water partition coefficient (Wildman–Crippen LogP) is 1.77. The second kappa shape index (κ2) is 7.12. The summed E-state index contributed by atoms with van der Waals surface area (Å²) < 4.78 is 0.802. The summed E-state index contributed by atoms with van der Waals surface area (Å²) in [6.45, 7) is 1.15. The smallest absolute Gasteiger partial charge is 0.323 e. The quantitative estimate of drug-likeness (QED) is 0.863. The lowest BCUT2D eigenvalue weighted by Gasteiger charge is -2.25. The molecule has 0 saturated heterocycles. The highest BCUT2D eigenvalue weighted by molar-refractivity contribution is 9.10. The third-order valence-corrected chi connectivity index (χ3v) is 3.06. The monoisotopic (exact) mass is 325 g/mol. The molecule has 0 atom stereocenters. The molecular formula is C13H16BrN3O2. The van der Waals surface area contributed by atoms with E-state index >= 15 is 0 Å². The van der Waals surface area contributed by atoms with Gasteiger partial charge in [0, 0.05) is 17.6 Å². The van der Waals surface area contributed by atoms with E-state index < -0.39 is 5.97 Å². The average molecular weight is 326 g/mol. The normalized spacial score (nSPS) is 10.3. The third kappa shape index (κ3) is 4.89. The van der Waals surface area contributed by atoms with Crippen LogP contribution >= 0.6 is 15.9 Å². The van der Waals surface area contributed by atoms with Gasteiger partial charge in [-0.15, -0.1) is 0 Å². The summed E-state index contributed by atoms with van der Waals surface area (Å²) in [5.74, 6) is -0.912. The molecule has 0 saturated carbocycles. The van der Waals surface area contributed by atoms with Gasteiger partial charge in [0.1, 0.15) is 12.6 Å². The molecule has 0 unspecified atom stereocenters. The van der Waals surface area contributed by atoms with E-state index in [9.17, 15) is 4.79 Å². The second-order valence-corrected chi connectivity index (χ2v) is 5.31. The molecule has 19 heavy (non-hydrogen) atoms. The summed E-state index contributed by atoms with van der Waals surface area (Å²) >= 11 is 3.31. The van der Waals surface area contributed by atoms with Crippen molar-refractivity contribution in [2.75, 3.05) is 38.6 Å². The Balaban J connectivity index is 3.02. The fraction of sp³-hybridized carbons (Fsp3) is 0.385. The summed E-state index contributed by atoms with van der Waals surface area (Å²) in [6.07, 6.45) is 0. The summed E-state index contributed by atoms with van der Waals surface area (Å²) in [4.78, 5) is 14.6. The molecule has 0 spiro atoms. The number of aliphatic carboxylic acids is 1. The first-order valence-corrected chi connectivity index (χ1v) is 6.54. The topological polar surface area (TPSA) is 67.6 Å². The van der Waals surface area contributed by atoms with Crippen LogP contribution in [0, 0.1) is 11.3 Å². The standard InChI is InChI=1S/C13H16BrN3O2/c1-16(2)5-6-17(9-13(18)19)12-4-3-11(14)7-10(12)8-15/h3-4,7H,5-6,9H2,1-2H3,(H,18,19). The van der Waals surface area contributed by atoms with Crippen molar-refractivity contribution in [1.82, 2.24) is 4.90 Å². The summed E-state index contributed by atoms with van der Waals surface area (Å²) in [5, 5.41) is 18.1. The highest BCUT2D eigenvalue weighted by Gasteiger charge is 2.15. The van der Waals surface area contributed by atoms with Crippen LogP contribution in [0.1, 0.15) is 5.56 Å². The fourth-order valence-electron chi connectivity index (χ4n) is 1.64. The molecule has 1 N–H and O–H groups in total. The molecule has 0 aliphatic heterocycles. The first-order valence-electron chi connectivity index (χ1n) is 5.75. The van der Waals surface area contributed by atoms with E-state index in [1.165, 1.54) is 0 Å². The molecule has 0 bridgehead atoms. The molecule has 0 heterocycles. The Kier molecular flexibility index (Phi) is 5.80. The zero-order chi connectivity index (χ0) is 14.4. The minimum atomic E-state index is -0.912. The van der Waals surface area contributed by atoms with E-state index in [1.807, 2.05) is 19.0 Å². The van der Waals surface area contributed by atoms with Gasteiger partial charge >= 0.3 is 5.97 Å². The zero-order valence-corrected chi connectivity index (χ0v) is 12.5. The van der Waals surface area contributed by atoms with Crippen LogP contribution in [0.15, 0.2) is 22.7 Å². The lowest BCUT2D eigenvalue weighted by atomic mass is 10.1. The number of nitriles is 1. The minimum Gasteiger partial charge on any atom is -0.480 e. The maximum atomic E-state index is 10.9. The number of benzene rings is 1. The van der Waals surface area contributed by atoms with Crippen LogP contribution in [-0.4, -0.2) is 49.7 Å². The van der Waals surface area contributed by atoms with Gasteiger partial charge in [-0.05, 0) is 32.3 Å². The number of nitrogens with zero attached hydrogens (tertiary/aromatic N) is 3. The molecule has 0 amide bonds. The highest BCUT2D eigenvalue weighted by Crippen LogP contribution is 2.23. The Labute approximate surface area is 121 Å². The largest absolute Gasteiger partial charge is 0.480 e. The summed E-state index contributed by atoms with van der Waals surface area (Å²) in [7, 11) is 3.84. The van der Waals surface area contributed by atoms with Gasteiger partial charge in [0.25, 0.3) is 0 Å². The molecule has 0 fully saturated rings. The number of anilines is 1. The number of carboxylic acid groups (broad SMARTS) is 1. The van der Waals surface area contributed by atoms with Crippen LogP contribution in [0.5, 0.6) is 0 Å². The molecular weight excluding hydrogens is 310 g/mol. The molecule has 102 valence electrons. The Morgan fingerprint density at radius 1 is 1.42 bits per heavy atom. The maximum Gasteiger partial charge on any atom is 0.323 e. The molecule has 1 aromatic carbocycles. The Hall–Kier alpha value is -1.58. The Morgan fingerprint density at radius 2 is 2.11 bits per heavy atom. The number of hydrogen-bond acceptors (Lipinski definition) is 4. The van der Waals surface area contributed by atoms with Crippen molar-refractivity contribution in [3.63, 3.8) is 0 Å². The van der Waals surface area contributed by atoms with Gasteiger partial charge < -0.3 is 14.9 Å². The number of likely N-dealkylation sites (N-methyl/N-ethyl adjacent to an activating group) is 1. The van der Waals surface area contributed by atoms with E-state index in [0.717, 1.165) is 4.47 Å². The van der Waals surface area contributed by atoms with E-state index in [-0.39, 0.29) is 6.54 Å². The highest BCUT2D eigenvalue weighted by atomic mass is 79.9. The van der Waals surface area contributed by atoms with Gasteiger partial charge in [-0.3, -0.25) is 4.79 Å². The van der Waals surface area contributed by atoms with Gasteiger partial charge in [-0.1, -0.05) is 15.9 Å². The van der Waals surface area contributed by atoms with E-state index in [1.54, 1.807) is 23.1 Å². The molecule has 0 aliphatic rings. The number of rotatable bonds is 6. The van der Waals surface area contributed by atoms with E-state index in [4.69, 9.17) is 10.4 Å². The summed E-state index contributed by atoms with van der Waals surface area (Å²) in [6, 6.07) is 7.37. The lowest BCUT2D eigenvalue weighted by Crippen LogP contribution is -2.36. The Morgan fingerprint density at radius 3 is 2.63 bits per heavy atom. The van der Waals surface area contributed by atoms with Crippen molar-refractivity contribution < 1.29 is 9.90 Å². The van der Waals surface area contributed by atoms with Crippen molar-refractivity contribution in [2.24, 2.45) is 0 Å². The molecule has 0 aliphatic carbocycles. The SMILES string of the molecule is CN(C)CCN(CC(=O)O)c1ccc(Br)cc1C#N. The molecule has 0 aromatic heterocycles. The molecule has 1 rings (SSSR count). The maximum absolute atomic E-state index is 10.9. The van der Waals surface area contributed by atoms with Crippen molar-refractivity contribution in [3.8, 4) is 6.07 Å². The van der Waals surface area contributed by atoms with Gasteiger partial charge in [0.2, 0.25) is 0 Å². The Bertz CT molecular complexity index is 497. The van der Waals surface area contributed by atoms with E-state index in [2.05, 4.69) is 22.0 Å². The van der Waals surface area contributed by atoms with Crippen LogP contribution in [0.3, 0.4) is 0 Å². The van der Waals surface area contributed by atoms with Crippen molar-refractivity contribution >= 4 is 27.6 Å². The van der Waals surface area contributed by atoms with Crippen LogP contribution < -0.4 is 4.90 Å². The van der Waals surface area contributed by atoms with Crippen LogP contribution in [0.25, 0.3) is 0 Å². The predicted molar refractivity (Wildman–Crippen MR) is 77.3 cm³/mol. The van der Waals surface area contributed by atoms with Crippen molar-refractivity contribution in [2.45, 2.75) is 0 Å². The molecule has 1 aromatic rings. The first-order chi connectivity index (χ1) is 8.93. The van der Waals surface area contributed by atoms with Crippen LogP contribution in [0.4, 0.5) is 5.69 Å². The number of hydrogen-bond donors (Lipinski definition) is 1. The van der Waals surface area contributed by atoms with Gasteiger partial charge in [-0.25, -0.2) is 0 Å². The third-order valence-electron chi connectivity index (χ3n) is 2.56. The van der Waals surface area contributed by atoms with Crippen LogP contribution in [-0.2, 0) is 4.79 Å². The second-order valence-electron chi connectivity index (χ2n) is 4.39. The summed E-state index contributed by atoms with van der Waals surface area (Å²) in [5.41, 5.74) is 1.12. The first kappa shape index (κ1) is 15.5. The minimum absolute atomic E-state index is 0.121. The van der Waals surface area contributed by atoms with Crippen molar-refractivity contribution in [1.29, 1.82) is 5.26 Å². The number of carbonyl (C=O) groups is 1.